The minimum Gasteiger partial charge on any atom is -0.337 e. The molecule has 1 fully saturated rings. The zero-order chi connectivity index (χ0) is 19.8. The molecular weight excluding hydrogens is 388 g/mol. The topological polar surface area (TPSA) is 89.2 Å². The number of pyridine rings is 1. The largest absolute Gasteiger partial charge is 0.337 e. The van der Waals surface area contributed by atoms with Crippen LogP contribution in [0.3, 0.4) is 0 Å². The highest BCUT2D eigenvalue weighted by molar-refractivity contribution is 7.89. The molecule has 2 aromatic carbocycles. The first-order valence-corrected chi connectivity index (χ1v) is 10.8. The second-order valence-corrected chi connectivity index (χ2v) is 8.84. The Morgan fingerprint density at radius 1 is 1.00 bits per heavy atom. The Balaban J connectivity index is 1.49. The van der Waals surface area contributed by atoms with Crippen LogP contribution in [-0.4, -0.2) is 34.4 Å². The number of hydrogen-bond donors (Lipinski definition) is 0. The average Bonchev–Trinajstić information content (AvgIpc) is 3.44. The summed E-state index contributed by atoms with van der Waals surface area (Å²) in [5, 5.41) is 5.88. The number of benzene rings is 2. The molecule has 1 aliphatic heterocycles. The van der Waals surface area contributed by atoms with Crippen LogP contribution in [0.1, 0.15) is 24.8 Å². The number of rotatable bonds is 4. The maximum atomic E-state index is 13.4. The number of hydrogen-bond acceptors (Lipinski definition) is 6. The lowest BCUT2D eigenvalue weighted by Crippen LogP contribution is -2.30. The molecule has 3 heterocycles. The predicted molar refractivity (Wildman–Crippen MR) is 107 cm³/mol. The van der Waals surface area contributed by atoms with Crippen molar-refractivity contribution in [3.63, 3.8) is 0 Å². The van der Waals surface area contributed by atoms with E-state index >= 15 is 0 Å². The SMILES string of the molecule is O=S(=O)(c1ccc2ccccc2c1)N1CCC[C@@H]1c1nc(-c2ccccn2)no1. The number of fused-ring (bicyclic) bond motifs is 1. The summed E-state index contributed by atoms with van der Waals surface area (Å²) in [5.41, 5.74) is 0.587. The van der Waals surface area contributed by atoms with Crippen LogP contribution in [-0.2, 0) is 10.0 Å². The van der Waals surface area contributed by atoms with Crippen LogP contribution >= 0.6 is 0 Å². The molecule has 1 aliphatic rings. The lowest BCUT2D eigenvalue weighted by molar-refractivity contribution is 0.290. The summed E-state index contributed by atoms with van der Waals surface area (Å²) >= 11 is 0. The van der Waals surface area contributed by atoms with Gasteiger partial charge in [-0.15, -0.1) is 0 Å². The molecule has 0 saturated carbocycles. The van der Waals surface area contributed by atoms with Crippen LogP contribution < -0.4 is 0 Å². The normalized spacial score (nSPS) is 17.7. The quantitative estimate of drug-likeness (QED) is 0.512. The van der Waals surface area contributed by atoms with Crippen molar-refractivity contribution in [2.24, 2.45) is 0 Å². The smallest absolute Gasteiger partial charge is 0.245 e. The van der Waals surface area contributed by atoms with E-state index in [1.54, 1.807) is 30.5 Å². The van der Waals surface area contributed by atoms with E-state index in [1.165, 1.54) is 4.31 Å². The number of sulfonamides is 1. The van der Waals surface area contributed by atoms with Gasteiger partial charge >= 0.3 is 0 Å². The van der Waals surface area contributed by atoms with Crippen molar-refractivity contribution in [1.29, 1.82) is 0 Å². The lowest BCUT2D eigenvalue weighted by atomic mass is 10.1. The van der Waals surface area contributed by atoms with Gasteiger partial charge in [-0.3, -0.25) is 4.98 Å². The van der Waals surface area contributed by atoms with E-state index in [1.807, 2.05) is 36.4 Å². The van der Waals surface area contributed by atoms with Crippen LogP contribution in [0.25, 0.3) is 22.3 Å². The van der Waals surface area contributed by atoms with Crippen LogP contribution in [0.5, 0.6) is 0 Å². The van der Waals surface area contributed by atoms with E-state index < -0.39 is 16.1 Å². The van der Waals surface area contributed by atoms with Crippen molar-refractivity contribution >= 4 is 20.8 Å². The second kappa shape index (κ2) is 7.06. The molecule has 1 atom stereocenters. The summed E-state index contributed by atoms with van der Waals surface area (Å²) in [6.45, 7) is 0.418. The Kier molecular flexibility index (Phi) is 4.37. The van der Waals surface area contributed by atoms with E-state index in [9.17, 15) is 8.42 Å². The molecule has 0 aliphatic carbocycles. The van der Waals surface area contributed by atoms with E-state index in [2.05, 4.69) is 15.1 Å². The summed E-state index contributed by atoms with van der Waals surface area (Å²) in [5.74, 6) is 0.656. The Bertz CT molecular complexity index is 1270. The molecule has 4 aromatic rings. The Morgan fingerprint density at radius 3 is 2.66 bits per heavy atom. The fourth-order valence-electron chi connectivity index (χ4n) is 3.71. The Morgan fingerprint density at radius 2 is 1.83 bits per heavy atom. The molecule has 0 N–H and O–H groups in total. The monoisotopic (exact) mass is 406 g/mol. The zero-order valence-electron chi connectivity index (χ0n) is 15.5. The highest BCUT2D eigenvalue weighted by atomic mass is 32.2. The average molecular weight is 406 g/mol. The van der Waals surface area contributed by atoms with Crippen molar-refractivity contribution in [1.82, 2.24) is 19.4 Å². The summed E-state index contributed by atoms with van der Waals surface area (Å²) < 4.78 is 33.6. The van der Waals surface area contributed by atoms with Gasteiger partial charge in [-0.1, -0.05) is 41.6 Å². The molecule has 0 radical (unpaired) electrons. The first-order chi connectivity index (χ1) is 14.1. The van der Waals surface area contributed by atoms with Gasteiger partial charge in [0.1, 0.15) is 11.7 Å². The third kappa shape index (κ3) is 3.20. The van der Waals surface area contributed by atoms with E-state index in [0.717, 1.165) is 17.2 Å². The van der Waals surface area contributed by atoms with Gasteiger partial charge in [0.2, 0.25) is 21.7 Å². The molecule has 0 unspecified atom stereocenters. The van der Waals surface area contributed by atoms with Crippen LogP contribution in [0.4, 0.5) is 0 Å². The maximum absolute atomic E-state index is 13.4. The highest BCUT2D eigenvalue weighted by Crippen LogP contribution is 2.36. The summed E-state index contributed by atoms with van der Waals surface area (Å²) in [4.78, 5) is 8.91. The maximum Gasteiger partial charge on any atom is 0.245 e. The molecule has 29 heavy (non-hydrogen) atoms. The van der Waals surface area contributed by atoms with Crippen LogP contribution in [0.2, 0.25) is 0 Å². The van der Waals surface area contributed by atoms with Crippen molar-refractivity contribution in [2.75, 3.05) is 6.54 Å². The number of aromatic nitrogens is 3. The predicted octanol–water partition coefficient (Wildman–Crippen LogP) is 3.81. The van der Waals surface area contributed by atoms with E-state index in [0.29, 0.717) is 30.4 Å². The minimum absolute atomic E-state index is 0.271. The molecule has 5 rings (SSSR count). The highest BCUT2D eigenvalue weighted by Gasteiger charge is 2.39. The third-order valence-corrected chi connectivity index (χ3v) is 7.06. The molecule has 7 nitrogen and oxygen atoms in total. The Labute approximate surface area is 168 Å². The van der Waals surface area contributed by atoms with Gasteiger partial charge in [0.25, 0.3) is 0 Å². The third-order valence-electron chi connectivity index (χ3n) is 5.15. The lowest BCUT2D eigenvalue weighted by Gasteiger charge is -2.21. The summed E-state index contributed by atoms with van der Waals surface area (Å²) in [6.07, 6.45) is 3.02. The van der Waals surface area contributed by atoms with Crippen molar-refractivity contribution in [3.8, 4) is 11.5 Å². The van der Waals surface area contributed by atoms with Gasteiger partial charge < -0.3 is 4.52 Å². The van der Waals surface area contributed by atoms with Gasteiger partial charge in [0.05, 0.1) is 4.90 Å². The molecule has 146 valence electrons. The minimum atomic E-state index is -3.69. The summed E-state index contributed by atoms with van der Waals surface area (Å²) in [6, 6.07) is 17.9. The summed E-state index contributed by atoms with van der Waals surface area (Å²) in [7, 11) is -3.69. The van der Waals surface area contributed by atoms with E-state index in [-0.39, 0.29) is 4.90 Å². The second-order valence-electron chi connectivity index (χ2n) is 6.95. The first kappa shape index (κ1) is 18.0. The fraction of sp³-hybridized carbons (Fsp3) is 0.190. The van der Waals surface area contributed by atoms with Crippen LogP contribution in [0, 0.1) is 0 Å². The van der Waals surface area contributed by atoms with Crippen molar-refractivity contribution < 1.29 is 12.9 Å². The van der Waals surface area contributed by atoms with Gasteiger partial charge in [0.15, 0.2) is 0 Å². The fourth-order valence-corrected chi connectivity index (χ4v) is 5.39. The molecule has 0 spiro atoms. The Hall–Kier alpha value is -3.10. The number of nitrogens with zero attached hydrogens (tertiary/aromatic N) is 4. The van der Waals surface area contributed by atoms with Crippen LogP contribution in [0.15, 0.2) is 76.3 Å². The van der Waals surface area contributed by atoms with Gasteiger partial charge in [-0.05, 0) is 47.9 Å². The molecule has 0 amide bonds. The molecular formula is C21H18N4O3S. The molecule has 8 heteroatoms. The van der Waals surface area contributed by atoms with Gasteiger partial charge in [0, 0.05) is 12.7 Å². The molecule has 2 aromatic heterocycles. The van der Waals surface area contributed by atoms with E-state index in [4.69, 9.17) is 4.52 Å². The van der Waals surface area contributed by atoms with Gasteiger partial charge in [-0.2, -0.15) is 9.29 Å². The molecule has 1 saturated heterocycles. The van der Waals surface area contributed by atoms with Crippen molar-refractivity contribution in [2.45, 2.75) is 23.8 Å². The standard InChI is InChI=1S/C21H18N4O3S/c26-29(27,17-11-10-15-6-1-2-7-16(15)14-17)25-13-5-9-19(25)21-23-20(24-28-21)18-8-3-4-12-22-18/h1-4,6-8,10-12,14,19H,5,9,13H2/t19-/m1/s1. The zero-order valence-corrected chi connectivity index (χ0v) is 16.3. The first-order valence-electron chi connectivity index (χ1n) is 9.38. The van der Waals surface area contributed by atoms with Crippen molar-refractivity contribution in [3.05, 3.63) is 72.8 Å². The van der Waals surface area contributed by atoms with Gasteiger partial charge in [-0.25, -0.2) is 8.42 Å². The molecule has 0 bridgehead atoms.